The van der Waals surface area contributed by atoms with Gasteiger partial charge >= 0.3 is 0 Å². The van der Waals surface area contributed by atoms with Crippen LogP contribution in [0.15, 0.2) is 28.1 Å². The molecule has 2 unspecified atom stereocenters. The van der Waals surface area contributed by atoms with Gasteiger partial charge in [0.25, 0.3) is 5.91 Å². The molecule has 122 valence electrons. The largest absolute Gasteiger partial charge is 0.372 e. The molecule has 3 rings (SSSR count). The molecule has 1 fully saturated rings. The Hall–Kier alpha value is -1.01. The lowest BCUT2D eigenvalue weighted by Crippen LogP contribution is -2.47. The van der Waals surface area contributed by atoms with E-state index in [2.05, 4.69) is 9.89 Å². The van der Waals surface area contributed by atoms with E-state index in [1.165, 1.54) is 11.8 Å². The van der Waals surface area contributed by atoms with Gasteiger partial charge in [-0.25, -0.2) is 0 Å². The Labute approximate surface area is 149 Å². The molecule has 2 heterocycles. The number of benzene rings is 1. The van der Waals surface area contributed by atoms with E-state index in [1.807, 2.05) is 19.9 Å². The van der Waals surface area contributed by atoms with Gasteiger partial charge in [-0.3, -0.25) is 4.79 Å². The number of hydrogen-bond acceptors (Lipinski definition) is 4. The molecule has 2 aliphatic rings. The molecule has 2 atom stereocenters. The van der Waals surface area contributed by atoms with Gasteiger partial charge in [0.15, 0.2) is 5.17 Å². The molecule has 1 aromatic rings. The van der Waals surface area contributed by atoms with E-state index < -0.39 is 0 Å². The molecule has 0 N–H and O–H groups in total. The molecule has 1 amide bonds. The van der Waals surface area contributed by atoms with E-state index in [4.69, 9.17) is 27.9 Å². The third-order valence-electron chi connectivity index (χ3n) is 3.54. The third kappa shape index (κ3) is 3.91. The van der Waals surface area contributed by atoms with Crippen LogP contribution in [-0.4, -0.2) is 41.3 Å². The highest BCUT2D eigenvalue weighted by Crippen LogP contribution is 2.32. The number of carbonyl (C=O) groups is 1. The molecular weight excluding hydrogens is 355 g/mol. The second kappa shape index (κ2) is 6.85. The van der Waals surface area contributed by atoms with Crippen molar-refractivity contribution in [2.45, 2.75) is 26.1 Å². The summed E-state index contributed by atoms with van der Waals surface area (Å²) in [6, 6.07) is 5.28. The Morgan fingerprint density at radius 1 is 1.26 bits per heavy atom. The number of ether oxygens (including phenoxy) is 1. The van der Waals surface area contributed by atoms with Crippen LogP contribution in [0.1, 0.15) is 19.4 Å². The van der Waals surface area contributed by atoms with Crippen molar-refractivity contribution >= 4 is 52.1 Å². The van der Waals surface area contributed by atoms with Crippen LogP contribution in [0.2, 0.25) is 10.0 Å². The van der Waals surface area contributed by atoms with E-state index in [0.29, 0.717) is 15.0 Å². The molecule has 1 saturated heterocycles. The van der Waals surface area contributed by atoms with Crippen molar-refractivity contribution in [3.63, 3.8) is 0 Å². The topological polar surface area (TPSA) is 41.9 Å². The summed E-state index contributed by atoms with van der Waals surface area (Å²) in [6.45, 7) is 5.53. The van der Waals surface area contributed by atoms with Gasteiger partial charge in [0, 0.05) is 13.1 Å². The molecule has 0 aromatic heterocycles. The molecule has 7 heteroatoms. The fourth-order valence-corrected chi connectivity index (χ4v) is 3.86. The van der Waals surface area contributed by atoms with Crippen LogP contribution in [0.25, 0.3) is 6.08 Å². The van der Waals surface area contributed by atoms with E-state index in [9.17, 15) is 4.79 Å². The summed E-state index contributed by atoms with van der Waals surface area (Å²) >= 11 is 13.3. The average molecular weight is 371 g/mol. The van der Waals surface area contributed by atoms with Crippen LogP contribution in [0.4, 0.5) is 0 Å². The zero-order valence-electron chi connectivity index (χ0n) is 12.8. The van der Waals surface area contributed by atoms with Crippen LogP contribution in [0, 0.1) is 0 Å². The standard InChI is InChI=1S/C16H16Cl2N2O2S/c1-9-7-20(8-10(2)22-9)16-19-15(21)14(23-16)6-11-3-4-12(17)13(18)5-11/h3-6,9-10H,7-8H2,1-2H3/b14-6-. The number of halogens is 2. The van der Waals surface area contributed by atoms with Gasteiger partial charge in [-0.1, -0.05) is 29.3 Å². The number of amidine groups is 1. The van der Waals surface area contributed by atoms with Crippen molar-refractivity contribution in [3.05, 3.63) is 38.7 Å². The number of rotatable bonds is 1. The summed E-state index contributed by atoms with van der Waals surface area (Å²) in [5.41, 5.74) is 0.829. The fraction of sp³-hybridized carbons (Fsp3) is 0.375. The number of nitrogens with zero attached hydrogens (tertiary/aromatic N) is 2. The first-order valence-electron chi connectivity index (χ1n) is 7.30. The minimum Gasteiger partial charge on any atom is -0.372 e. The Kier molecular flexibility index (Phi) is 5.01. The zero-order chi connectivity index (χ0) is 16.6. The van der Waals surface area contributed by atoms with E-state index in [-0.39, 0.29) is 18.1 Å². The molecule has 2 aliphatic heterocycles. The molecule has 0 spiro atoms. The van der Waals surface area contributed by atoms with Crippen LogP contribution in [0.3, 0.4) is 0 Å². The number of amides is 1. The Bertz CT molecular complexity index is 695. The van der Waals surface area contributed by atoms with Crippen LogP contribution in [-0.2, 0) is 9.53 Å². The third-order valence-corrected chi connectivity index (χ3v) is 5.32. The monoisotopic (exact) mass is 370 g/mol. The van der Waals surface area contributed by atoms with Gasteiger partial charge in [-0.2, -0.15) is 4.99 Å². The predicted octanol–water partition coefficient (Wildman–Crippen LogP) is 4.07. The zero-order valence-corrected chi connectivity index (χ0v) is 15.1. The maximum absolute atomic E-state index is 12.2. The Balaban J connectivity index is 1.76. The number of thioether (sulfide) groups is 1. The lowest BCUT2D eigenvalue weighted by Gasteiger charge is -2.35. The fourth-order valence-electron chi connectivity index (χ4n) is 2.62. The highest BCUT2D eigenvalue weighted by atomic mass is 35.5. The molecular formula is C16H16Cl2N2O2S. The first-order chi connectivity index (χ1) is 10.9. The molecule has 0 bridgehead atoms. The summed E-state index contributed by atoms with van der Waals surface area (Å²) < 4.78 is 5.72. The quantitative estimate of drug-likeness (QED) is 0.698. The number of carbonyl (C=O) groups excluding carboxylic acids is 1. The highest BCUT2D eigenvalue weighted by Gasteiger charge is 2.30. The summed E-state index contributed by atoms with van der Waals surface area (Å²) in [5.74, 6) is -0.220. The molecule has 0 aliphatic carbocycles. The SMILES string of the molecule is CC1CN(C2=NC(=O)/C(=C/c3ccc(Cl)c(Cl)c3)S2)CC(C)O1. The van der Waals surface area contributed by atoms with Crippen molar-refractivity contribution in [1.82, 2.24) is 4.90 Å². The second-order valence-electron chi connectivity index (χ2n) is 5.65. The summed E-state index contributed by atoms with van der Waals surface area (Å²) in [5, 5.41) is 1.70. The lowest BCUT2D eigenvalue weighted by atomic mass is 10.2. The van der Waals surface area contributed by atoms with Crippen LogP contribution < -0.4 is 0 Å². The van der Waals surface area contributed by atoms with Gasteiger partial charge in [0.2, 0.25) is 0 Å². The minimum atomic E-state index is -0.220. The minimum absolute atomic E-state index is 0.125. The van der Waals surface area contributed by atoms with E-state index in [1.54, 1.807) is 18.2 Å². The Morgan fingerprint density at radius 3 is 2.61 bits per heavy atom. The smallest absolute Gasteiger partial charge is 0.286 e. The second-order valence-corrected chi connectivity index (χ2v) is 7.47. The normalized spacial score (nSPS) is 26.8. The van der Waals surface area contributed by atoms with Crippen molar-refractivity contribution in [3.8, 4) is 0 Å². The van der Waals surface area contributed by atoms with Gasteiger partial charge in [-0.05, 0) is 49.4 Å². The maximum atomic E-state index is 12.2. The van der Waals surface area contributed by atoms with Crippen molar-refractivity contribution in [2.75, 3.05) is 13.1 Å². The number of hydrogen-bond donors (Lipinski definition) is 0. The highest BCUT2D eigenvalue weighted by molar-refractivity contribution is 8.18. The molecule has 0 radical (unpaired) electrons. The Morgan fingerprint density at radius 2 is 1.96 bits per heavy atom. The van der Waals surface area contributed by atoms with Crippen molar-refractivity contribution < 1.29 is 9.53 Å². The van der Waals surface area contributed by atoms with Gasteiger partial charge in [-0.15, -0.1) is 0 Å². The summed E-state index contributed by atoms with van der Waals surface area (Å²) in [6.07, 6.45) is 2.04. The van der Waals surface area contributed by atoms with Crippen molar-refractivity contribution in [1.29, 1.82) is 0 Å². The molecule has 23 heavy (non-hydrogen) atoms. The van der Waals surface area contributed by atoms with Crippen LogP contribution in [0.5, 0.6) is 0 Å². The van der Waals surface area contributed by atoms with E-state index >= 15 is 0 Å². The van der Waals surface area contributed by atoms with Gasteiger partial charge < -0.3 is 9.64 Å². The predicted molar refractivity (Wildman–Crippen MR) is 96.1 cm³/mol. The summed E-state index contributed by atoms with van der Waals surface area (Å²) in [4.78, 5) is 19.0. The molecule has 1 aromatic carbocycles. The maximum Gasteiger partial charge on any atom is 0.286 e. The van der Waals surface area contributed by atoms with Crippen molar-refractivity contribution in [2.24, 2.45) is 4.99 Å². The van der Waals surface area contributed by atoms with Gasteiger partial charge in [0.05, 0.1) is 27.2 Å². The number of aliphatic imine (C=N–C) groups is 1. The molecule has 0 saturated carbocycles. The summed E-state index contributed by atoms with van der Waals surface area (Å²) in [7, 11) is 0. The lowest BCUT2D eigenvalue weighted by molar-refractivity contribution is -0.113. The first kappa shape index (κ1) is 16.8. The number of morpholine rings is 1. The van der Waals surface area contributed by atoms with Crippen LogP contribution >= 0.6 is 35.0 Å². The first-order valence-corrected chi connectivity index (χ1v) is 8.87. The van der Waals surface area contributed by atoms with E-state index in [0.717, 1.165) is 23.8 Å². The van der Waals surface area contributed by atoms with Gasteiger partial charge in [0.1, 0.15) is 0 Å². The molecule has 4 nitrogen and oxygen atoms in total. The average Bonchev–Trinajstić information content (AvgIpc) is 2.83.